The molecule has 5 heteroatoms. The van der Waals surface area contributed by atoms with Gasteiger partial charge in [0.15, 0.2) is 0 Å². The van der Waals surface area contributed by atoms with Gasteiger partial charge in [0.05, 0.1) is 12.0 Å². The maximum Gasteiger partial charge on any atom is 0.304 e. The summed E-state index contributed by atoms with van der Waals surface area (Å²) in [5.41, 5.74) is 0.0585. The molecular formula is C16H29NO3S. The Kier molecular flexibility index (Phi) is 5.60. The first-order valence-corrected chi connectivity index (χ1v) is 9.18. The minimum atomic E-state index is -0.708. The molecule has 0 radical (unpaired) electrons. The van der Waals surface area contributed by atoms with E-state index in [9.17, 15) is 4.79 Å². The standard InChI is InChI=1S/C16H29NO3S/c1-15(2,3)17(8-4-14(18)19)13-5-9-20-16(12-13)6-10-21-11-7-16/h13H,4-12H2,1-3H3,(H,18,19). The van der Waals surface area contributed by atoms with Crippen LogP contribution in [0.15, 0.2) is 0 Å². The summed E-state index contributed by atoms with van der Waals surface area (Å²) in [6.45, 7) is 8.01. The van der Waals surface area contributed by atoms with E-state index < -0.39 is 5.97 Å². The summed E-state index contributed by atoms with van der Waals surface area (Å²) in [5.74, 6) is 1.68. The number of rotatable bonds is 4. The zero-order valence-corrected chi connectivity index (χ0v) is 14.4. The molecule has 1 atom stereocenters. The SMILES string of the molecule is CC(C)(C)N(CCC(=O)O)C1CCOC2(CCSCC2)C1. The smallest absolute Gasteiger partial charge is 0.304 e. The van der Waals surface area contributed by atoms with Crippen LogP contribution in [0.25, 0.3) is 0 Å². The second-order valence-electron chi connectivity index (χ2n) is 7.30. The first-order chi connectivity index (χ1) is 9.82. The molecule has 122 valence electrons. The molecule has 0 aromatic carbocycles. The van der Waals surface area contributed by atoms with E-state index in [0.717, 1.165) is 32.3 Å². The number of hydrogen-bond donors (Lipinski definition) is 1. The Labute approximate surface area is 132 Å². The maximum absolute atomic E-state index is 11.0. The van der Waals surface area contributed by atoms with Gasteiger partial charge in [-0.3, -0.25) is 9.69 Å². The average molecular weight is 315 g/mol. The Morgan fingerprint density at radius 2 is 2.05 bits per heavy atom. The summed E-state index contributed by atoms with van der Waals surface area (Å²) in [4.78, 5) is 13.4. The van der Waals surface area contributed by atoms with Crippen LogP contribution in [0, 0.1) is 0 Å². The van der Waals surface area contributed by atoms with Crippen LogP contribution in [0.2, 0.25) is 0 Å². The van der Waals surface area contributed by atoms with Gasteiger partial charge in [-0.15, -0.1) is 0 Å². The molecule has 2 fully saturated rings. The highest BCUT2D eigenvalue weighted by molar-refractivity contribution is 7.99. The van der Waals surface area contributed by atoms with Crippen molar-refractivity contribution in [2.75, 3.05) is 24.7 Å². The molecule has 1 unspecified atom stereocenters. The van der Waals surface area contributed by atoms with E-state index >= 15 is 0 Å². The van der Waals surface area contributed by atoms with Crippen LogP contribution in [0.4, 0.5) is 0 Å². The van der Waals surface area contributed by atoms with Crippen molar-refractivity contribution in [2.24, 2.45) is 0 Å². The van der Waals surface area contributed by atoms with E-state index in [1.807, 2.05) is 11.8 Å². The third kappa shape index (κ3) is 4.60. The van der Waals surface area contributed by atoms with E-state index in [1.54, 1.807) is 0 Å². The minimum Gasteiger partial charge on any atom is -0.481 e. The van der Waals surface area contributed by atoms with Gasteiger partial charge in [0.1, 0.15) is 0 Å². The predicted octanol–water partition coefficient (Wildman–Crippen LogP) is 3.01. The zero-order valence-electron chi connectivity index (χ0n) is 13.6. The van der Waals surface area contributed by atoms with Gasteiger partial charge in [0.25, 0.3) is 0 Å². The fourth-order valence-corrected chi connectivity index (χ4v) is 4.88. The first kappa shape index (κ1) is 17.1. The van der Waals surface area contributed by atoms with E-state index in [2.05, 4.69) is 25.7 Å². The largest absolute Gasteiger partial charge is 0.481 e. The lowest BCUT2D eigenvalue weighted by Crippen LogP contribution is -2.55. The Hall–Kier alpha value is -0.260. The van der Waals surface area contributed by atoms with Crippen molar-refractivity contribution < 1.29 is 14.6 Å². The number of carboxylic acids is 1. The number of carbonyl (C=O) groups is 1. The fourth-order valence-electron chi connectivity index (χ4n) is 3.64. The van der Waals surface area contributed by atoms with Crippen molar-refractivity contribution in [3.63, 3.8) is 0 Å². The van der Waals surface area contributed by atoms with Crippen molar-refractivity contribution in [3.05, 3.63) is 0 Å². The van der Waals surface area contributed by atoms with Crippen molar-refractivity contribution in [2.45, 2.75) is 70.1 Å². The summed E-state index contributed by atoms with van der Waals surface area (Å²) >= 11 is 2.02. The Balaban J connectivity index is 2.06. The number of ether oxygens (including phenoxy) is 1. The number of hydrogen-bond acceptors (Lipinski definition) is 4. The molecule has 0 aliphatic carbocycles. The average Bonchev–Trinajstić information content (AvgIpc) is 2.38. The van der Waals surface area contributed by atoms with Gasteiger partial charge < -0.3 is 9.84 Å². The molecule has 0 saturated carbocycles. The lowest BCUT2D eigenvalue weighted by atomic mass is 9.83. The number of nitrogens with zero attached hydrogens (tertiary/aromatic N) is 1. The van der Waals surface area contributed by atoms with Crippen molar-refractivity contribution in [3.8, 4) is 0 Å². The molecule has 0 aromatic heterocycles. The second-order valence-corrected chi connectivity index (χ2v) is 8.52. The van der Waals surface area contributed by atoms with Gasteiger partial charge in [-0.1, -0.05) is 0 Å². The van der Waals surface area contributed by atoms with E-state index in [4.69, 9.17) is 9.84 Å². The first-order valence-electron chi connectivity index (χ1n) is 8.03. The highest BCUT2D eigenvalue weighted by atomic mass is 32.2. The molecule has 4 nitrogen and oxygen atoms in total. The monoisotopic (exact) mass is 315 g/mol. The minimum absolute atomic E-state index is 0.00205. The Morgan fingerprint density at radius 3 is 2.62 bits per heavy atom. The van der Waals surface area contributed by atoms with Crippen LogP contribution in [-0.4, -0.2) is 57.8 Å². The summed E-state index contributed by atoms with van der Waals surface area (Å²) in [6.07, 6.45) is 4.59. The van der Waals surface area contributed by atoms with Crippen LogP contribution in [-0.2, 0) is 9.53 Å². The lowest BCUT2D eigenvalue weighted by Gasteiger charge is -2.50. The molecule has 1 N–H and O–H groups in total. The van der Waals surface area contributed by atoms with Crippen LogP contribution < -0.4 is 0 Å². The number of aliphatic carboxylic acids is 1. The molecule has 1 spiro atoms. The highest BCUT2D eigenvalue weighted by Crippen LogP contribution is 2.40. The molecular weight excluding hydrogens is 286 g/mol. The predicted molar refractivity (Wildman–Crippen MR) is 87.0 cm³/mol. The third-order valence-corrected chi connectivity index (χ3v) is 5.73. The van der Waals surface area contributed by atoms with Gasteiger partial charge in [-0.2, -0.15) is 11.8 Å². The van der Waals surface area contributed by atoms with Crippen LogP contribution in [0.1, 0.15) is 52.9 Å². The normalized spacial score (nSPS) is 26.2. The Morgan fingerprint density at radius 1 is 1.38 bits per heavy atom. The Bertz CT molecular complexity index is 356. The summed E-state index contributed by atoms with van der Waals surface area (Å²) < 4.78 is 6.17. The quantitative estimate of drug-likeness (QED) is 0.864. The summed E-state index contributed by atoms with van der Waals surface area (Å²) in [7, 11) is 0. The molecule has 21 heavy (non-hydrogen) atoms. The molecule has 2 aliphatic heterocycles. The fraction of sp³-hybridized carbons (Fsp3) is 0.938. The van der Waals surface area contributed by atoms with Gasteiger partial charge in [0, 0.05) is 24.7 Å². The molecule has 2 rings (SSSR count). The lowest BCUT2D eigenvalue weighted by molar-refractivity contribution is -0.139. The molecule has 2 aliphatic rings. The zero-order chi connectivity index (χ0) is 15.5. The summed E-state index contributed by atoms with van der Waals surface area (Å²) in [6, 6.07) is 0.446. The number of carboxylic acid groups (broad SMARTS) is 1. The van der Waals surface area contributed by atoms with Crippen molar-refractivity contribution in [1.82, 2.24) is 4.90 Å². The van der Waals surface area contributed by atoms with E-state index in [0.29, 0.717) is 12.6 Å². The van der Waals surface area contributed by atoms with Gasteiger partial charge in [-0.05, 0) is 58.0 Å². The van der Waals surface area contributed by atoms with Crippen LogP contribution >= 0.6 is 11.8 Å². The van der Waals surface area contributed by atoms with Crippen molar-refractivity contribution in [1.29, 1.82) is 0 Å². The third-order valence-electron chi connectivity index (χ3n) is 4.74. The molecule has 2 saturated heterocycles. The second kappa shape index (κ2) is 6.88. The van der Waals surface area contributed by atoms with Crippen LogP contribution in [0.5, 0.6) is 0 Å². The van der Waals surface area contributed by atoms with Gasteiger partial charge in [-0.25, -0.2) is 0 Å². The van der Waals surface area contributed by atoms with Gasteiger partial charge >= 0.3 is 5.97 Å². The summed E-state index contributed by atoms with van der Waals surface area (Å²) in [5, 5.41) is 9.01. The molecule has 2 heterocycles. The molecule has 0 amide bonds. The van der Waals surface area contributed by atoms with Gasteiger partial charge in [0.2, 0.25) is 0 Å². The maximum atomic E-state index is 11.0. The van der Waals surface area contributed by atoms with Crippen molar-refractivity contribution >= 4 is 17.7 Å². The number of thioether (sulfide) groups is 1. The van der Waals surface area contributed by atoms with Crippen LogP contribution in [0.3, 0.4) is 0 Å². The van der Waals surface area contributed by atoms with E-state index in [1.165, 1.54) is 11.5 Å². The molecule has 0 bridgehead atoms. The highest BCUT2D eigenvalue weighted by Gasteiger charge is 2.42. The molecule has 0 aromatic rings. The topological polar surface area (TPSA) is 49.8 Å². The van der Waals surface area contributed by atoms with E-state index in [-0.39, 0.29) is 17.6 Å².